The molecule has 1 aliphatic rings. The summed E-state index contributed by atoms with van der Waals surface area (Å²) in [5, 5.41) is 2.65. The van der Waals surface area contributed by atoms with Crippen LogP contribution in [-0.4, -0.2) is 29.0 Å². The fourth-order valence-corrected chi connectivity index (χ4v) is 3.61. The van der Waals surface area contributed by atoms with Gasteiger partial charge in [-0.15, -0.1) is 0 Å². The Morgan fingerprint density at radius 1 is 1.06 bits per heavy atom. The van der Waals surface area contributed by atoms with Crippen LogP contribution in [0.4, 0.5) is 14.6 Å². The van der Waals surface area contributed by atoms with Crippen molar-refractivity contribution in [3.63, 3.8) is 0 Å². The second kappa shape index (κ2) is 9.72. The lowest BCUT2D eigenvalue weighted by molar-refractivity contribution is 0.0950. The summed E-state index contributed by atoms with van der Waals surface area (Å²) in [6.45, 7) is 4.08. The van der Waals surface area contributed by atoms with Crippen LogP contribution < -0.4 is 15.0 Å². The number of hydrogen-bond acceptors (Lipinski definition) is 5. The monoisotopic (exact) mass is 438 g/mol. The van der Waals surface area contributed by atoms with E-state index < -0.39 is 11.6 Å². The summed E-state index contributed by atoms with van der Waals surface area (Å²) in [5.74, 6) is 0.642. The maximum absolute atomic E-state index is 13.3. The van der Waals surface area contributed by atoms with Gasteiger partial charge in [0.05, 0.1) is 0 Å². The van der Waals surface area contributed by atoms with Crippen LogP contribution >= 0.6 is 0 Å². The molecule has 0 unspecified atom stereocenters. The number of amides is 1. The third-order valence-electron chi connectivity index (χ3n) is 5.44. The molecule has 3 aromatic rings. The molecule has 1 saturated heterocycles. The lowest BCUT2D eigenvalue weighted by Crippen LogP contribution is -2.33. The van der Waals surface area contributed by atoms with E-state index in [0.717, 1.165) is 32.0 Å². The second-order valence-corrected chi connectivity index (χ2v) is 7.94. The van der Waals surface area contributed by atoms with Crippen molar-refractivity contribution in [1.29, 1.82) is 0 Å². The first-order chi connectivity index (χ1) is 15.5. The fraction of sp³-hybridized carbons (Fsp3) is 0.292. The molecule has 4 rings (SSSR count). The van der Waals surface area contributed by atoms with Gasteiger partial charge in [-0.2, -0.15) is 0 Å². The predicted octanol–water partition coefficient (Wildman–Crippen LogP) is 4.71. The molecule has 8 heteroatoms. The molecule has 1 fully saturated rings. The number of nitrogens with zero attached hydrogens (tertiary/aromatic N) is 3. The van der Waals surface area contributed by atoms with E-state index in [1.807, 2.05) is 0 Å². The third-order valence-corrected chi connectivity index (χ3v) is 5.44. The first-order valence-electron chi connectivity index (χ1n) is 10.5. The average Bonchev–Trinajstić information content (AvgIpc) is 2.78. The Balaban J connectivity index is 1.39. The van der Waals surface area contributed by atoms with Crippen molar-refractivity contribution in [2.24, 2.45) is 5.92 Å². The summed E-state index contributed by atoms with van der Waals surface area (Å²) in [5.41, 5.74) is 0.747. The molecule has 1 aliphatic heterocycles. The Hall–Kier alpha value is -3.55. The van der Waals surface area contributed by atoms with Crippen molar-refractivity contribution in [3.05, 3.63) is 77.6 Å². The number of rotatable bonds is 6. The van der Waals surface area contributed by atoms with E-state index in [1.165, 1.54) is 12.1 Å². The Bertz CT molecular complexity index is 1060. The molecule has 0 aliphatic carbocycles. The minimum absolute atomic E-state index is 0.0170. The highest BCUT2D eigenvalue weighted by atomic mass is 19.1. The Labute approximate surface area is 185 Å². The van der Waals surface area contributed by atoms with Gasteiger partial charge in [0.15, 0.2) is 5.82 Å². The molecule has 0 saturated carbocycles. The van der Waals surface area contributed by atoms with Gasteiger partial charge in [-0.3, -0.25) is 4.79 Å². The molecule has 6 nitrogen and oxygen atoms in total. The van der Waals surface area contributed by atoms with E-state index in [2.05, 4.69) is 27.1 Å². The van der Waals surface area contributed by atoms with Crippen LogP contribution in [0.2, 0.25) is 0 Å². The summed E-state index contributed by atoms with van der Waals surface area (Å²) >= 11 is 0. The molecular weight excluding hydrogens is 414 g/mol. The molecule has 166 valence electrons. The summed E-state index contributed by atoms with van der Waals surface area (Å²) in [6.07, 6.45) is 5.44. The molecule has 1 N–H and O–H groups in total. The molecule has 2 aromatic carbocycles. The van der Waals surface area contributed by atoms with Gasteiger partial charge in [-0.1, -0.05) is 6.92 Å². The molecule has 1 aromatic heterocycles. The second-order valence-electron chi connectivity index (χ2n) is 7.94. The molecule has 0 atom stereocenters. The van der Waals surface area contributed by atoms with Crippen LogP contribution in [0.5, 0.6) is 11.6 Å². The molecule has 0 radical (unpaired) electrons. The number of ether oxygens (including phenoxy) is 1. The lowest BCUT2D eigenvalue weighted by atomic mass is 9.99. The number of carbonyl (C=O) groups excluding carboxylic acids is 1. The van der Waals surface area contributed by atoms with E-state index in [1.54, 1.807) is 36.7 Å². The van der Waals surface area contributed by atoms with Gasteiger partial charge in [0, 0.05) is 43.7 Å². The summed E-state index contributed by atoms with van der Waals surface area (Å²) in [7, 11) is 0. The summed E-state index contributed by atoms with van der Waals surface area (Å²) < 4.78 is 32.5. The van der Waals surface area contributed by atoms with Crippen molar-refractivity contribution >= 4 is 11.7 Å². The summed E-state index contributed by atoms with van der Waals surface area (Å²) in [6, 6.07) is 9.74. The van der Waals surface area contributed by atoms with Crippen molar-refractivity contribution in [2.75, 3.05) is 18.0 Å². The Kier molecular flexibility index (Phi) is 6.58. The van der Waals surface area contributed by atoms with Crippen LogP contribution in [-0.2, 0) is 6.54 Å². The van der Waals surface area contributed by atoms with Crippen LogP contribution in [0.25, 0.3) is 0 Å². The number of benzene rings is 2. The number of nitrogens with one attached hydrogen (secondary N) is 1. The zero-order valence-corrected chi connectivity index (χ0v) is 17.7. The van der Waals surface area contributed by atoms with Crippen LogP contribution in [0.3, 0.4) is 0 Å². The predicted molar refractivity (Wildman–Crippen MR) is 117 cm³/mol. The Morgan fingerprint density at radius 2 is 1.72 bits per heavy atom. The maximum Gasteiger partial charge on any atom is 0.263 e. The number of halogens is 2. The fourth-order valence-electron chi connectivity index (χ4n) is 3.61. The molecule has 32 heavy (non-hydrogen) atoms. The van der Waals surface area contributed by atoms with Crippen LogP contribution in [0.15, 0.2) is 54.9 Å². The van der Waals surface area contributed by atoms with E-state index >= 15 is 0 Å². The summed E-state index contributed by atoms with van der Waals surface area (Å²) in [4.78, 5) is 23.3. The van der Waals surface area contributed by atoms with Gasteiger partial charge >= 0.3 is 0 Å². The first kappa shape index (κ1) is 21.7. The normalized spacial score (nSPS) is 14.3. The van der Waals surface area contributed by atoms with Crippen LogP contribution in [0, 0.1) is 17.6 Å². The van der Waals surface area contributed by atoms with Gasteiger partial charge in [0.2, 0.25) is 0 Å². The van der Waals surface area contributed by atoms with E-state index in [9.17, 15) is 13.6 Å². The minimum atomic E-state index is -0.682. The highest BCUT2D eigenvalue weighted by molar-refractivity contribution is 5.94. The molecule has 1 amide bonds. The smallest absolute Gasteiger partial charge is 0.263 e. The van der Waals surface area contributed by atoms with E-state index in [0.29, 0.717) is 34.5 Å². The quantitative estimate of drug-likeness (QED) is 0.604. The number of hydrogen-bond donors (Lipinski definition) is 1. The van der Waals surface area contributed by atoms with Crippen molar-refractivity contribution in [1.82, 2.24) is 15.3 Å². The number of carbonyl (C=O) groups is 1. The van der Waals surface area contributed by atoms with Gasteiger partial charge in [-0.05, 0) is 60.7 Å². The van der Waals surface area contributed by atoms with Gasteiger partial charge in [0.25, 0.3) is 11.8 Å². The highest BCUT2D eigenvalue weighted by Gasteiger charge is 2.21. The number of anilines is 1. The van der Waals surface area contributed by atoms with Gasteiger partial charge in [0.1, 0.15) is 17.4 Å². The number of aromatic nitrogens is 2. The maximum atomic E-state index is 13.3. The Morgan fingerprint density at radius 3 is 2.41 bits per heavy atom. The molecule has 0 bridgehead atoms. The zero-order chi connectivity index (χ0) is 22.5. The van der Waals surface area contributed by atoms with Gasteiger partial charge in [-0.25, -0.2) is 18.7 Å². The SMILES string of the molecule is CC1CCN(c2nccnc2Oc2ccc(C(=O)NCc3cc(F)cc(F)c3)cc2)CC1. The minimum Gasteiger partial charge on any atom is -0.436 e. The van der Waals surface area contributed by atoms with Crippen molar-refractivity contribution < 1.29 is 18.3 Å². The average molecular weight is 438 g/mol. The van der Waals surface area contributed by atoms with E-state index in [4.69, 9.17) is 4.74 Å². The first-order valence-corrected chi connectivity index (χ1v) is 10.5. The zero-order valence-electron chi connectivity index (χ0n) is 17.7. The molecular formula is C24H24F2N4O2. The van der Waals surface area contributed by atoms with Crippen molar-refractivity contribution in [2.45, 2.75) is 26.3 Å². The van der Waals surface area contributed by atoms with Crippen LogP contribution in [0.1, 0.15) is 35.7 Å². The third kappa shape index (κ3) is 5.38. The molecule has 0 spiro atoms. The number of piperidine rings is 1. The topological polar surface area (TPSA) is 67.3 Å². The van der Waals surface area contributed by atoms with E-state index in [-0.39, 0.29) is 12.5 Å². The largest absolute Gasteiger partial charge is 0.436 e. The van der Waals surface area contributed by atoms with Gasteiger partial charge < -0.3 is 15.0 Å². The molecule has 2 heterocycles. The standard InChI is InChI=1S/C24H24F2N4O2/c1-16-6-10-30(11-7-16)22-24(28-9-8-27-22)32-21-4-2-18(3-5-21)23(31)29-15-17-12-19(25)14-20(26)13-17/h2-5,8-9,12-14,16H,6-7,10-11,15H2,1H3,(H,29,31). The highest BCUT2D eigenvalue weighted by Crippen LogP contribution is 2.30. The van der Waals surface area contributed by atoms with Crippen molar-refractivity contribution in [3.8, 4) is 11.6 Å². The lowest BCUT2D eigenvalue weighted by Gasteiger charge is -2.31.